The Balaban J connectivity index is 1.49. The molecule has 0 aliphatic carbocycles. The molecule has 0 radical (unpaired) electrons. The van der Waals surface area contributed by atoms with E-state index in [1.165, 1.54) is 13.0 Å². The van der Waals surface area contributed by atoms with Gasteiger partial charge in [-0.05, 0) is 56.5 Å². The van der Waals surface area contributed by atoms with Crippen LogP contribution in [-0.4, -0.2) is 36.1 Å². The molecule has 1 aromatic heterocycles. The number of halogens is 5. The minimum Gasteiger partial charge on any atom is -0.452 e. The summed E-state index contributed by atoms with van der Waals surface area (Å²) in [6.07, 6.45) is -3.77. The van der Waals surface area contributed by atoms with Gasteiger partial charge in [0.25, 0.3) is 5.91 Å². The van der Waals surface area contributed by atoms with Crippen LogP contribution in [0.2, 0.25) is 10.0 Å². The molecule has 1 aliphatic rings. The average Bonchev–Trinajstić information content (AvgIpc) is 2.78. The number of anilines is 1. The number of nitrogens with one attached hydrogen (secondary N) is 1. The zero-order valence-corrected chi connectivity index (χ0v) is 20.0. The van der Waals surface area contributed by atoms with E-state index in [1.807, 2.05) is 4.90 Å². The Morgan fingerprint density at radius 2 is 1.82 bits per heavy atom. The number of benzene rings is 1. The molecule has 1 fully saturated rings. The third-order valence-electron chi connectivity index (χ3n) is 5.68. The van der Waals surface area contributed by atoms with E-state index in [0.29, 0.717) is 47.4 Å². The summed E-state index contributed by atoms with van der Waals surface area (Å²) in [5, 5.41) is 3.67. The second-order valence-electron chi connectivity index (χ2n) is 8.14. The van der Waals surface area contributed by atoms with Gasteiger partial charge in [-0.1, -0.05) is 29.3 Å². The van der Waals surface area contributed by atoms with E-state index in [2.05, 4.69) is 10.3 Å². The highest BCUT2D eigenvalue weighted by Crippen LogP contribution is 2.30. The highest BCUT2D eigenvalue weighted by Gasteiger charge is 2.32. The number of hydrogen-bond acceptors (Lipinski definition) is 5. The van der Waals surface area contributed by atoms with Gasteiger partial charge in [0.1, 0.15) is 5.82 Å². The van der Waals surface area contributed by atoms with Crippen molar-refractivity contribution < 1.29 is 27.5 Å². The first-order valence-corrected chi connectivity index (χ1v) is 11.5. The van der Waals surface area contributed by atoms with Crippen LogP contribution in [-0.2, 0) is 20.5 Å². The molecule has 1 N–H and O–H groups in total. The maximum Gasteiger partial charge on any atom is 0.417 e. The minimum absolute atomic E-state index is 0.413. The molecule has 34 heavy (non-hydrogen) atoms. The Labute approximate surface area is 205 Å². The van der Waals surface area contributed by atoms with Gasteiger partial charge in [0.2, 0.25) is 0 Å². The van der Waals surface area contributed by atoms with Crippen LogP contribution in [0, 0.1) is 5.92 Å². The van der Waals surface area contributed by atoms with Gasteiger partial charge in [-0.25, -0.2) is 4.98 Å². The summed E-state index contributed by atoms with van der Waals surface area (Å²) in [4.78, 5) is 30.8. The Hall–Kier alpha value is -2.52. The Kier molecular flexibility index (Phi) is 8.30. The van der Waals surface area contributed by atoms with Crippen molar-refractivity contribution in [2.75, 3.05) is 18.0 Å². The second kappa shape index (κ2) is 10.8. The van der Waals surface area contributed by atoms with Gasteiger partial charge in [-0.2, -0.15) is 13.2 Å². The number of esters is 1. The number of alkyl halides is 3. The van der Waals surface area contributed by atoms with E-state index in [9.17, 15) is 22.8 Å². The number of pyridine rings is 1. The van der Waals surface area contributed by atoms with Crippen molar-refractivity contribution in [3.05, 3.63) is 57.7 Å². The predicted octanol–water partition coefficient (Wildman–Crippen LogP) is 5.43. The van der Waals surface area contributed by atoms with Gasteiger partial charge in [0.05, 0.1) is 17.5 Å². The topological polar surface area (TPSA) is 71.5 Å². The fourth-order valence-electron chi connectivity index (χ4n) is 3.67. The summed E-state index contributed by atoms with van der Waals surface area (Å²) in [6.45, 7) is 4.12. The molecule has 0 unspecified atom stereocenters. The second-order valence-corrected chi connectivity index (χ2v) is 8.98. The van der Waals surface area contributed by atoms with Gasteiger partial charge in [0.15, 0.2) is 6.10 Å². The zero-order valence-electron chi connectivity index (χ0n) is 18.5. The lowest BCUT2D eigenvalue weighted by Gasteiger charge is -2.32. The van der Waals surface area contributed by atoms with Crippen LogP contribution >= 0.6 is 23.2 Å². The fraction of sp³-hybridized carbons (Fsp3) is 0.435. The van der Waals surface area contributed by atoms with Crippen LogP contribution in [0.4, 0.5) is 19.0 Å². The van der Waals surface area contributed by atoms with Gasteiger partial charge < -0.3 is 15.0 Å². The van der Waals surface area contributed by atoms with Gasteiger partial charge in [-0.15, -0.1) is 0 Å². The number of aromatic nitrogens is 1. The largest absolute Gasteiger partial charge is 0.452 e. The lowest BCUT2D eigenvalue weighted by Crippen LogP contribution is -2.41. The smallest absolute Gasteiger partial charge is 0.417 e. The van der Waals surface area contributed by atoms with Gasteiger partial charge >= 0.3 is 12.1 Å². The third-order valence-corrected chi connectivity index (χ3v) is 6.24. The molecule has 1 amide bonds. The van der Waals surface area contributed by atoms with Crippen molar-refractivity contribution >= 4 is 40.9 Å². The van der Waals surface area contributed by atoms with Crippen molar-refractivity contribution in [3.8, 4) is 0 Å². The predicted molar refractivity (Wildman–Crippen MR) is 123 cm³/mol. The quantitative estimate of drug-likeness (QED) is 0.517. The molecule has 11 heteroatoms. The normalized spacial score (nSPS) is 16.6. The van der Waals surface area contributed by atoms with Crippen LogP contribution in [0.25, 0.3) is 0 Å². The van der Waals surface area contributed by atoms with E-state index in [4.69, 9.17) is 27.9 Å². The number of carbonyl (C=O) groups is 2. The van der Waals surface area contributed by atoms with Crippen LogP contribution in [0.5, 0.6) is 0 Å². The highest BCUT2D eigenvalue weighted by atomic mass is 35.5. The van der Waals surface area contributed by atoms with Gasteiger partial charge in [-0.3, -0.25) is 9.59 Å². The molecule has 0 spiro atoms. The lowest BCUT2D eigenvalue weighted by molar-refractivity contribution is -0.159. The number of amides is 1. The van der Waals surface area contributed by atoms with Crippen LogP contribution < -0.4 is 10.2 Å². The van der Waals surface area contributed by atoms with Crippen LogP contribution in [0.1, 0.15) is 43.9 Å². The highest BCUT2D eigenvalue weighted by molar-refractivity contribution is 6.35. The lowest BCUT2D eigenvalue weighted by atomic mass is 9.97. The summed E-state index contributed by atoms with van der Waals surface area (Å²) in [7, 11) is 0. The Morgan fingerprint density at radius 3 is 2.38 bits per heavy atom. The average molecular weight is 518 g/mol. The van der Waals surface area contributed by atoms with Crippen molar-refractivity contribution in [1.82, 2.24) is 10.3 Å². The molecule has 2 aromatic rings. The number of carbonyl (C=O) groups excluding carboxylic acids is 2. The third kappa shape index (κ3) is 6.54. The van der Waals surface area contributed by atoms with E-state index >= 15 is 0 Å². The van der Waals surface area contributed by atoms with Crippen molar-refractivity contribution in [1.29, 1.82) is 0 Å². The molecule has 6 nitrogen and oxygen atoms in total. The number of ether oxygens (including phenoxy) is 1. The van der Waals surface area contributed by atoms with E-state index in [0.717, 1.165) is 12.3 Å². The number of rotatable bonds is 6. The Morgan fingerprint density at radius 1 is 1.15 bits per heavy atom. The molecule has 3 rings (SSSR count). The minimum atomic E-state index is -4.44. The number of piperidine rings is 1. The van der Waals surface area contributed by atoms with Crippen molar-refractivity contribution in [3.63, 3.8) is 0 Å². The molecule has 1 aliphatic heterocycles. The molecular weight excluding hydrogens is 494 g/mol. The first-order valence-electron chi connectivity index (χ1n) is 10.7. The monoisotopic (exact) mass is 517 g/mol. The zero-order chi connectivity index (χ0) is 25.0. The molecule has 2 atom stereocenters. The molecular formula is C23H24Cl2F3N3O3. The van der Waals surface area contributed by atoms with Gasteiger partial charge in [0, 0.05) is 29.3 Å². The summed E-state index contributed by atoms with van der Waals surface area (Å²) in [5.74, 6) is -0.940. The van der Waals surface area contributed by atoms with Crippen molar-refractivity contribution in [2.45, 2.75) is 45.0 Å². The number of hydrogen-bond donors (Lipinski definition) is 1. The first-order chi connectivity index (χ1) is 16.0. The molecule has 184 valence electrons. The molecule has 1 saturated heterocycles. The SMILES string of the molecule is C[C@H](OC(=O)C1CCN(c2ccc(C(F)(F)F)cn2)CC1)C(=O)N[C@H](C)c1ccc(Cl)cc1Cl. The van der Waals surface area contributed by atoms with Crippen LogP contribution in [0.15, 0.2) is 36.5 Å². The Bertz CT molecular complexity index is 1030. The molecule has 0 bridgehead atoms. The number of nitrogens with zero attached hydrogens (tertiary/aromatic N) is 2. The van der Waals surface area contributed by atoms with Crippen LogP contribution in [0.3, 0.4) is 0 Å². The van der Waals surface area contributed by atoms with E-state index in [-0.39, 0.29) is 0 Å². The maximum atomic E-state index is 12.7. The molecule has 1 aromatic carbocycles. The maximum absolute atomic E-state index is 12.7. The summed E-state index contributed by atoms with van der Waals surface area (Å²) in [5.41, 5.74) is -0.128. The molecule has 0 saturated carbocycles. The summed E-state index contributed by atoms with van der Waals surface area (Å²) >= 11 is 12.1. The van der Waals surface area contributed by atoms with E-state index < -0.39 is 41.7 Å². The van der Waals surface area contributed by atoms with Crippen molar-refractivity contribution in [2.24, 2.45) is 5.92 Å². The fourth-order valence-corrected chi connectivity index (χ4v) is 4.24. The standard InChI is InChI=1S/C23H24Cl2F3N3O3/c1-13(18-5-4-17(24)11-19(18)25)30-21(32)14(2)34-22(33)15-7-9-31(10-8-15)20-6-3-16(12-29-20)23(26,27)28/h3-6,11-15H,7-10H2,1-2H3,(H,30,32)/t13-,14+/m1/s1. The molecule has 2 heterocycles. The van der Waals surface area contributed by atoms with E-state index in [1.54, 1.807) is 25.1 Å². The first kappa shape index (κ1) is 26.1. The summed E-state index contributed by atoms with van der Waals surface area (Å²) < 4.78 is 43.5. The summed E-state index contributed by atoms with van der Waals surface area (Å²) in [6, 6.07) is 6.85.